The summed E-state index contributed by atoms with van der Waals surface area (Å²) in [5.74, 6) is 1.88. The van der Waals surface area contributed by atoms with Gasteiger partial charge in [-0.2, -0.15) is 5.26 Å². The van der Waals surface area contributed by atoms with Gasteiger partial charge in [0.05, 0.1) is 11.6 Å². The van der Waals surface area contributed by atoms with E-state index in [0.717, 1.165) is 60.5 Å². The highest BCUT2D eigenvalue weighted by Gasteiger charge is 2.26. The third-order valence-corrected chi connectivity index (χ3v) is 11.1. The second-order valence-corrected chi connectivity index (χ2v) is 14.2. The van der Waals surface area contributed by atoms with Crippen molar-refractivity contribution in [3.05, 3.63) is 188 Å². The average Bonchev–Trinajstić information content (AvgIpc) is 3.60. The zero-order valence-corrected chi connectivity index (χ0v) is 30.1. The Hall–Kier alpha value is -7.74. The summed E-state index contributed by atoms with van der Waals surface area (Å²) in [6.07, 6.45) is 0. The monoisotopic (exact) mass is 710 g/mol. The highest BCUT2D eigenvalue weighted by atomic mass is 15.0. The maximum absolute atomic E-state index is 9.90. The Morgan fingerprint density at radius 2 is 0.839 bits per heavy atom. The van der Waals surface area contributed by atoms with E-state index < -0.39 is 0 Å². The molecule has 1 heterocycles. The van der Waals surface area contributed by atoms with E-state index in [0.29, 0.717) is 23.0 Å². The Kier molecular flexibility index (Phi) is 7.20. The third kappa shape index (κ3) is 4.96. The van der Waals surface area contributed by atoms with Gasteiger partial charge in [-0.1, -0.05) is 164 Å². The third-order valence-electron chi connectivity index (χ3n) is 11.1. The molecule has 0 aliphatic heterocycles. The van der Waals surface area contributed by atoms with Crippen molar-refractivity contribution in [2.45, 2.75) is 0 Å². The van der Waals surface area contributed by atoms with Crippen LogP contribution in [0.4, 0.5) is 0 Å². The van der Waals surface area contributed by atoms with Crippen LogP contribution in [0.5, 0.6) is 0 Å². The summed E-state index contributed by atoms with van der Waals surface area (Å²) in [5.41, 5.74) is 12.8. The second kappa shape index (κ2) is 12.7. The summed E-state index contributed by atoms with van der Waals surface area (Å²) in [4.78, 5) is 15.5. The number of aromatic nitrogens is 3. The Morgan fingerprint density at radius 3 is 1.52 bits per heavy atom. The van der Waals surface area contributed by atoms with Gasteiger partial charge >= 0.3 is 0 Å². The molecule has 10 aromatic rings. The van der Waals surface area contributed by atoms with E-state index in [2.05, 4.69) is 109 Å². The Labute approximate surface area is 323 Å². The minimum atomic E-state index is 0.626. The first-order valence-corrected chi connectivity index (χ1v) is 18.8. The molecule has 0 amide bonds. The van der Waals surface area contributed by atoms with Gasteiger partial charge in [0, 0.05) is 16.7 Å². The fourth-order valence-electron chi connectivity index (χ4n) is 8.60. The molecule has 0 saturated heterocycles. The Balaban J connectivity index is 1.23. The lowest BCUT2D eigenvalue weighted by atomic mass is 9.85. The average molecular weight is 711 g/mol. The van der Waals surface area contributed by atoms with Gasteiger partial charge in [-0.25, -0.2) is 15.0 Å². The molecule has 9 aromatic carbocycles. The molecule has 0 N–H and O–H groups in total. The van der Waals surface area contributed by atoms with E-state index in [1.807, 2.05) is 78.9 Å². The van der Waals surface area contributed by atoms with Crippen molar-refractivity contribution in [1.82, 2.24) is 15.0 Å². The summed E-state index contributed by atoms with van der Waals surface area (Å²) in [7, 11) is 0. The topological polar surface area (TPSA) is 62.5 Å². The molecule has 11 rings (SSSR count). The van der Waals surface area contributed by atoms with E-state index in [1.54, 1.807) is 0 Å². The lowest BCUT2D eigenvalue weighted by Gasteiger charge is -2.18. The summed E-state index contributed by atoms with van der Waals surface area (Å²) in [6.45, 7) is 0. The van der Waals surface area contributed by atoms with Crippen molar-refractivity contribution in [3.8, 4) is 84.7 Å². The first-order valence-electron chi connectivity index (χ1n) is 18.8. The maximum Gasteiger partial charge on any atom is 0.165 e. The molecule has 1 aliphatic carbocycles. The number of nitriles is 1. The lowest BCUT2D eigenvalue weighted by Crippen LogP contribution is -2.01. The number of hydrogen-bond acceptors (Lipinski definition) is 4. The zero-order valence-electron chi connectivity index (χ0n) is 30.1. The molecule has 0 atom stereocenters. The summed E-state index contributed by atoms with van der Waals surface area (Å²) in [6, 6.07) is 65.7. The van der Waals surface area contributed by atoms with Crippen LogP contribution >= 0.6 is 0 Å². The molecular weight excluding hydrogens is 681 g/mol. The number of fused-ring (bicyclic) bond motifs is 5. The summed E-state index contributed by atoms with van der Waals surface area (Å²) in [5, 5.41) is 16.6. The van der Waals surface area contributed by atoms with Crippen molar-refractivity contribution in [1.29, 1.82) is 5.26 Å². The minimum absolute atomic E-state index is 0.626. The molecule has 4 heteroatoms. The van der Waals surface area contributed by atoms with Gasteiger partial charge in [0.25, 0.3) is 0 Å². The summed E-state index contributed by atoms with van der Waals surface area (Å²) >= 11 is 0. The van der Waals surface area contributed by atoms with E-state index in [9.17, 15) is 5.26 Å². The van der Waals surface area contributed by atoms with E-state index >= 15 is 0 Å². The number of rotatable bonds is 5. The van der Waals surface area contributed by atoms with Crippen molar-refractivity contribution in [2.24, 2.45) is 0 Å². The van der Waals surface area contributed by atoms with Crippen molar-refractivity contribution < 1.29 is 0 Å². The lowest BCUT2D eigenvalue weighted by molar-refractivity contribution is 1.08. The van der Waals surface area contributed by atoms with Crippen LogP contribution in [-0.4, -0.2) is 15.0 Å². The second-order valence-electron chi connectivity index (χ2n) is 14.2. The molecule has 0 fully saturated rings. The molecular formula is C52H30N4. The molecule has 0 radical (unpaired) electrons. The van der Waals surface area contributed by atoms with Gasteiger partial charge in [0.15, 0.2) is 17.5 Å². The predicted octanol–water partition coefficient (Wildman–Crippen LogP) is 13.2. The highest BCUT2D eigenvalue weighted by molar-refractivity contribution is 6.25. The van der Waals surface area contributed by atoms with Crippen LogP contribution in [0.15, 0.2) is 182 Å². The molecule has 258 valence electrons. The van der Waals surface area contributed by atoms with Gasteiger partial charge in [-0.05, 0) is 95.0 Å². The van der Waals surface area contributed by atoms with Crippen LogP contribution < -0.4 is 0 Å². The molecule has 0 saturated carbocycles. The van der Waals surface area contributed by atoms with Crippen molar-refractivity contribution in [3.63, 3.8) is 0 Å². The molecule has 4 nitrogen and oxygen atoms in total. The predicted molar refractivity (Wildman–Crippen MR) is 229 cm³/mol. The summed E-state index contributed by atoms with van der Waals surface area (Å²) < 4.78 is 0. The van der Waals surface area contributed by atoms with Crippen LogP contribution in [0, 0.1) is 11.3 Å². The van der Waals surface area contributed by atoms with Gasteiger partial charge in [0.1, 0.15) is 0 Å². The Bertz CT molecular complexity index is 3170. The first kappa shape index (κ1) is 31.8. The van der Waals surface area contributed by atoms with E-state index in [-0.39, 0.29) is 0 Å². The van der Waals surface area contributed by atoms with Crippen LogP contribution in [-0.2, 0) is 0 Å². The standard InChI is InChI=1S/C52H30N4/c53-31-32-13-11-19-35(29-32)38-25-26-43-39-21-9-10-22-40(39)44-27-28-45(47(38)48(43)44)41-23-12-24-42-46(41)30-36-18-7-8-20-37(36)49(42)52-55-50(33-14-3-1-4-15-33)54-51(56-52)34-16-5-2-6-17-34/h1-30H. The SMILES string of the molecule is N#Cc1cccc(-c2ccc3c4c(ccc(-c5cccc6c(-c7nc(-c8ccccc8)nc(-c8ccccc8)n7)c7ccccc7cc56)c24)-c2ccccc2-3)c1. The van der Waals surface area contributed by atoms with Crippen LogP contribution in [0.25, 0.3) is 111 Å². The van der Waals surface area contributed by atoms with Crippen molar-refractivity contribution >= 4 is 32.3 Å². The first-order chi connectivity index (χ1) is 27.7. The fraction of sp³-hybridized carbons (Fsp3) is 0. The molecule has 1 aliphatic rings. The number of nitrogens with zero attached hydrogens (tertiary/aromatic N) is 4. The van der Waals surface area contributed by atoms with Gasteiger partial charge in [-0.15, -0.1) is 0 Å². The number of hydrogen-bond donors (Lipinski definition) is 0. The fourth-order valence-corrected chi connectivity index (χ4v) is 8.60. The van der Waals surface area contributed by atoms with Crippen LogP contribution in [0.3, 0.4) is 0 Å². The molecule has 0 bridgehead atoms. The minimum Gasteiger partial charge on any atom is -0.208 e. The van der Waals surface area contributed by atoms with Crippen LogP contribution in [0.1, 0.15) is 5.56 Å². The van der Waals surface area contributed by atoms with Gasteiger partial charge in [-0.3, -0.25) is 0 Å². The van der Waals surface area contributed by atoms with Crippen molar-refractivity contribution in [2.75, 3.05) is 0 Å². The molecule has 56 heavy (non-hydrogen) atoms. The largest absolute Gasteiger partial charge is 0.208 e. The quantitative estimate of drug-likeness (QED) is 0.167. The highest BCUT2D eigenvalue weighted by Crippen LogP contribution is 2.53. The van der Waals surface area contributed by atoms with Gasteiger partial charge < -0.3 is 0 Å². The smallest absolute Gasteiger partial charge is 0.165 e. The van der Waals surface area contributed by atoms with E-state index in [1.165, 1.54) is 33.0 Å². The maximum atomic E-state index is 9.90. The molecule has 0 spiro atoms. The number of benzene rings is 9. The zero-order chi connectivity index (χ0) is 37.2. The molecule has 0 unspecified atom stereocenters. The molecule has 1 aromatic heterocycles. The van der Waals surface area contributed by atoms with Gasteiger partial charge in [0.2, 0.25) is 0 Å². The van der Waals surface area contributed by atoms with E-state index in [4.69, 9.17) is 15.0 Å². The normalized spacial score (nSPS) is 11.6. The Morgan fingerprint density at radius 1 is 0.339 bits per heavy atom. The van der Waals surface area contributed by atoms with Crippen LogP contribution in [0.2, 0.25) is 0 Å².